The maximum absolute atomic E-state index is 11.6. The maximum atomic E-state index is 11.6. The predicted molar refractivity (Wildman–Crippen MR) is 57.7 cm³/mol. The predicted octanol–water partition coefficient (Wildman–Crippen LogP) is 1.53. The summed E-state index contributed by atoms with van der Waals surface area (Å²) in [4.78, 5) is 15.8. The minimum absolute atomic E-state index is 0.126. The first-order valence-electron chi connectivity index (χ1n) is 3.93. The van der Waals surface area contributed by atoms with E-state index in [1.54, 1.807) is 17.8 Å². The number of hydrogen-bond acceptors (Lipinski definition) is 2. The first kappa shape index (κ1) is 9.73. The van der Waals surface area contributed by atoms with Crippen molar-refractivity contribution in [2.24, 2.45) is 7.05 Å². The molecule has 0 spiro atoms. The molecule has 0 aliphatic carbocycles. The number of aromatic nitrogens is 3. The maximum Gasteiger partial charge on any atom is 0.273 e. The van der Waals surface area contributed by atoms with Crippen LogP contribution in [0.4, 0.5) is 0 Å². The van der Waals surface area contributed by atoms with E-state index < -0.39 is 0 Å². The molecule has 0 fully saturated rings. The van der Waals surface area contributed by atoms with Crippen LogP contribution in [0.5, 0.6) is 0 Å². The molecule has 0 N–H and O–H groups in total. The van der Waals surface area contributed by atoms with Gasteiger partial charge in [0.1, 0.15) is 4.60 Å². The van der Waals surface area contributed by atoms with Crippen molar-refractivity contribution in [3.8, 4) is 0 Å². The molecule has 0 aliphatic heterocycles. The van der Waals surface area contributed by atoms with Gasteiger partial charge in [0.05, 0.1) is 11.6 Å². The fraction of sp³-hybridized carbons (Fsp3) is 0.250. The summed E-state index contributed by atoms with van der Waals surface area (Å²) in [5.74, 6) is 0.248. The van der Waals surface area contributed by atoms with Crippen LogP contribution in [-0.4, -0.2) is 14.2 Å². The third-order valence-corrected chi connectivity index (χ3v) is 2.98. The minimum Gasteiger partial charge on any atom is -0.273 e. The van der Waals surface area contributed by atoms with E-state index in [1.165, 1.54) is 10.6 Å². The van der Waals surface area contributed by atoms with E-state index in [1.807, 2.05) is 0 Å². The Hall–Kier alpha value is -0.810. The average Bonchev–Trinajstić information content (AvgIpc) is 2.43. The SMILES string of the molecule is Cn1c(Br)cc2nc(CCl)cc(=O)n21. The minimum atomic E-state index is -0.126. The van der Waals surface area contributed by atoms with E-state index in [0.717, 1.165) is 4.60 Å². The number of aryl methyl sites for hydroxylation is 1. The van der Waals surface area contributed by atoms with Crippen LogP contribution in [0, 0.1) is 0 Å². The van der Waals surface area contributed by atoms with Gasteiger partial charge in [-0.05, 0) is 15.9 Å². The molecule has 0 saturated heterocycles. The lowest BCUT2D eigenvalue weighted by atomic mass is 10.4. The van der Waals surface area contributed by atoms with Crippen molar-refractivity contribution >= 4 is 33.2 Å². The molecule has 0 aliphatic rings. The van der Waals surface area contributed by atoms with E-state index in [-0.39, 0.29) is 11.4 Å². The van der Waals surface area contributed by atoms with Gasteiger partial charge in [-0.25, -0.2) is 4.98 Å². The second-order valence-electron chi connectivity index (χ2n) is 2.88. The molecule has 2 aromatic heterocycles. The number of rotatable bonds is 1. The van der Waals surface area contributed by atoms with Gasteiger partial charge < -0.3 is 0 Å². The van der Waals surface area contributed by atoms with Crippen molar-refractivity contribution in [2.75, 3.05) is 0 Å². The third-order valence-electron chi connectivity index (χ3n) is 1.97. The normalized spacial score (nSPS) is 11.1. The van der Waals surface area contributed by atoms with Gasteiger partial charge >= 0.3 is 0 Å². The molecular formula is C8H7BrClN3O. The van der Waals surface area contributed by atoms with Crippen LogP contribution < -0.4 is 5.56 Å². The van der Waals surface area contributed by atoms with Gasteiger partial charge in [-0.3, -0.25) is 9.48 Å². The van der Waals surface area contributed by atoms with Crippen LogP contribution >= 0.6 is 27.5 Å². The summed E-state index contributed by atoms with van der Waals surface area (Å²) in [6.45, 7) is 0. The number of nitrogens with zero attached hydrogens (tertiary/aromatic N) is 3. The van der Waals surface area contributed by atoms with Gasteiger partial charge in [0.15, 0.2) is 5.65 Å². The fourth-order valence-electron chi connectivity index (χ4n) is 1.30. The molecule has 0 aromatic carbocycles. The number of hydrogen-bond donors (Lipinski definition) is 0. The smallest absolute Gasteiger partial charge is 0.273 e. The zero-order valence-corrected chi connectivity index (χ0v) is 9.71. The summed E-state index contributed by atoms with van der Waals surface area (Å²) in [7, 11) is 1.78. The molecule has 2 rings (SSSR count). The summed E-state index contributed by atoms with van der Waals surface area (Å²) in [5.41, 5.74) is 1.07. The molecule has 0 unspecified atom stereocenters. The Kier molecular flexibility index (Phi) is 2.36. The number of fused-ring (bicyclic) bond motifs is 1. The Morgan fingerprint density at radius 2 is 2.29 bits per heavy atom. The lowest BCUT2D eigenvalue weighted by molar-refractivity contribution is 0.664. The average molecular weight is 277 g/mol. The monoisotopic (exact) mass is 275 g/mol. The molecule has 0 radical (unpaired) electrons. The van der Waals surface area contributed by atoms with Crippen molar-refractivity contribution in [3.05, 3.63) is 32.8 Å². The Morgan fingerprint density at radius 3 is 2.93 bits per heavy atom. The molecule has 2 heterocycles. The van der Waals surface area contributed by atoms with Crippen LogP contribution in [0.3, 0.4) is 0 Å². The zero-order valence-electron chi connectivity index (χ0n) is 7.37. The molecule has 4 nitrogen and oxygen atoms in total. The zero-order chi connectivity index (χ0) is 10.3. The standard InChI is InChI=1S/C8H7BrClN3O/c1-12-6(9)3-7-11-5(4-10)2-8(14)13(7)12/h2-3H,4H2,1H3. The number of halogens is 2. The largest absolute Gasteiger partial charge is 0.273 e. The Labute approximate surface area is 93.2 Å². The molecule has 74 valence electrons. The second kappa shape index (κ2) is 3.40. The van der Waals surface area contributed by atoms with Crippen molar-refractivity contribution in [1.29, 1.82) is 0 Å². The summed E-state index contributed by atoms with van der Waals surface area (Å²) >= 11 is 8.94. The summed E-state index contributed by atoms with van der Waals surface area (Å²) in [6.07, 6.45) is 0. The van der Waals surface area contributed by atoms with Gasteiger partial charge in [-0.2, -0.15) is 4.52 Å². The lowest BCUT2D eigenvalue weighted by Gasteiger charge is -2.00. The van der Waals surface area contributed by atoms with Crippen LogP contribution in [0.2, 0.25) is 0 Å². The van der Waals surface area contributed by atoms with Gasteiger partial charge in [0, 0.05) is 19.2 Å². The number of alkyl halides is 1. The van der Waals surface area contributed by atoms with E-state index in [2.05, 4.69) is 20.9 Å². The van der Waals surface area contributed by atoms with Crippen LogP contribution in [0.15, 0.2) is 21.5 Å². The quantitative estimate of drug-likeness (QED) is 0.741. The van der Waals surface area contributed by atoms with Gasteiger partial charge in [-0.1, -0.05) is 0 Å². The summed E-state index contributed by atoms with van der Waals surface area (Å²) in [5, 5.41) is 0. The van der Waals surface area contributed by atoms with Crippen molar-refractivity contribution in [2.45, 2.75) is 5.88 Å². The van der Waals surface area contributed by atoms with Crippen LogP contribution in [0.1, 0.15) is 5.69 Å². The van der Waals surface area contributed by atoms with Crippen molar-refractivity contribution in [1.82, 2.24) is 14.2 Å². The van der Waals surface area contributed by atoms with Crippen LogP contribution in [0.25, 0.3) is 5.65 Å². The Balaban J connectivity index is 2.90. The van der Waals surface area contributed by atoms with Crippen molar-refractivity contribution < 1.29 is 0 Å². The van der Waals surface area contributed by atoms with E-state index in [9.17, 15) is 4.79 Å². The highest BCUT2D eigenvalue weighted by Gasteiger charge is 2.07. The first-order valence-corrected chi connectivity index (χ1v) is 5.26. The molecule has 14 heavy (non-hydrogen) atoms. The second-order valence-corrected chi connectivity index (χ2v) is 3.96. The highest BCUT2D eigenvalue weighted by molar-refractivity contribution is 9.10. The van der Waals surface area contributed by atoms with E-state index >= 15 is 0 Å². The molecule has 0 bridgehead atoms. The highest BCUT2D eigenvalue weighted by atomic mass is 79.9. The molecule has 2 aromatic rings. The summed E-state index contributed by atoms with van der Waals surface area (Å²) < 4.78 is 3.96. The highest BCUT2D eigenvalue weighted by Crippen LogP contribution is 2.12. The molecular weight excluding hydrogens is 269 g/mol. The van der Waals surface area contributed by atoms with Gasteiger partial charge in [0.25, 0.3) is 5.56 Å². The van der Waals surface area contributed by atoms with E-state index in [4.69, 9.17) is 11.6 Å². The van der Waals surface area contributed by atoms with E-state index in [0.29, 0.717) is 11.3 Å². The van der Waals surface area contributed by atoms with Gasteiger partial charge in [0.2, 0.25) is 0 Å². The summed E-state index contributed by atoms with van der Waals surface area (Å²) in [6, 6.07) is 3.21. The Morgan fingerprint density at radius 1 is 1.57 bits per heavy atom. The molecule has 0 atom stereocenters. The third kappa shape index (κ3) is 1.36. The molecule has 6 heteroatoms. The van der Waals surface area contributed by atoms with Gasteiger partial charge in [-0.15, -0.1) is 11.6 Å². The van der Waals surface area contributed by atoms with Crippen LogP contribution in [-0.2, 0) is 12.9 Å². The first-order chi connectivity index (χ1) is 6.63. The topological polar surface area (TPSA) is 39.3 Å². The molecule has 0 amide bonds. The van der Waals surface area contributed by atoms with Crippen molar-refractivity contribution in [3.63, 3.8) is 0 Å². The molecule has 0 saturated carbocycles. The fourth-order valence-corrected chi connectivity index (χ4v) is 1.80. The lowest BCUT2D eigenvalue weighted by Crippen LogP contribution is -2.19. The Bertz CT molecular complexity index is 545.